The highest BCUT2D eigenvalue weighted by Crippen LogP contribution is 2.28. The summed E-state index contributed by atoms with van der Waals surface area (Å²) in [5.74, 6) is -0.388. The fourth-order valence-corrected chi connectivity index (χ4v) is 2.25. The van der Waals surface area contributed by atoms with Gasteiger partial charge in [0.2, 0.25) is 0 Å². The van der Waals surface area contributed by atoms with Crippen molar-refractivity contribution in [3.05, 3.63) is 28.8 Å². The molecule has 0 saturated carbocycles. The van der Waals surface area contributed by atoms with Crippen molar-refractivity contribution in [2.24, 2.45) is 5.73 Å². The lowest BCUT2D eigenvalue weighted by molar-refractivity contribution is -0.138. The van der Waals surface area contributed by atoms with Gasteiger partial charge in [-0.2, -0.15) is 0 Å². The Hall–Kier alpha value is -1.30. The molecule has 0 spiro atoms. The van der Waals surface area contributed by atoms with Crippen LogP contribution in [0.2, 0.25) is 5.02 Å². The van der Waals surface area contributed by atoms with Crippen LogP contribution in [0.25, 0.3) is 0 Å². The average molecular weight is 285 g/mol. The zero-order valence-corrected chi connectivity index (χ0v) is 11.4. The number of nitrogens with two attached hydrogens (primary N) is 1. The molecule has 1 aromatic carbocycles. The van der Waals surface area contributed by atoms with E-state index < -0.39 is 12.0 Å². The molecule has 5 nitrogen and oxygen atoms in total. The number of likely N-dealkylation sites (N-methyl/N-ethyl adjacent to an activating group) is 1. The molecule has 6 heteroatoms. The maximum Gasteiger partial charge on any atom is 0.320 e. The Morgan fingerprint density at radius 3 is 2.84 bits per heavy atom. The molecular weight excluding hydrogens is 268 g/mol. The van der Waals surface area contributed by atoms with E-state index in [1.807, 2.05) is 7.05 Å². The van der Waals surface area contributed by atoms with Gasteiger partial charge in [-0.3, -0.25) is 9.69 Å². The van der Waals surface area contributed by atoms with Gasteiger partial charge in [0.1, 0.15) is 17.9 Å². The van der Waals surface area contributed by atoms with Crippen molar-refractivity contribution in [1.82, 2.24) is 4.90 Å². The number of ether oxygens (including phenoxy) is 1. The number of likely N-dealkylation sites (tertiary alicyclic amines) is 1. The van der Waals surface area contributed by atoms with Crippen molar-refractivity contribution in [1.29, 1.82) is 0 Å². The summed E-state index contributed by atoms with van der Waals surface area (Å²) in [6, 6.07) is 4.36. The molecule has 1 heterocycles. The number of halogens is 1. The lowest BCUT2D eigenvalue weighted by atomic mass is 10.1. The Labute approximate surface area is 116 Å². The van der Waals surface area contributed by atoms with Crippen molar-refractivity contribution in [2.45, 2.75) is 18.6 Å². The minimum absolute atomic E-state index is 0.176. The van der Waals surface area contributed by atoms with E-state index in [0.29, 0.717) is 10.8 Å². The molecular formula is C13H17ClN2O3. The van der Waals surface area contributed by atoms with Gasteiger partial charge in [-0.25, -0.2) is 0 Å². The molecule has 2 rings (SSSR count). The number of benzene rings is 1. The van der Waals surface area contributed by atoms with Gasteiger partial charge in [-0.1, -0.05) is 17.7 Å². The van der Waals surface area contributed by atoms with Gasteiger partial charge in [0, 0.05) is 13.1 Å². The Bertz CT molecular complexity index is 475. The summed E-state index contributed by atoms with van der Waals surface area (Å²) in [7, 11) is 2.03. The van der Waals surface area contributed by atoms with E-state index in [2.05, 4.69) is 4.90 Å². The summed E-state index contributed by atoms with van der Waals surface area (Å²) >= 11 is 6.13. The first-order chi connectivity index (χ1) is 8.95. The van der Waals surface area contributed by atoms with E-state index in [1.54, 1.807) is 18.2 Å². The fourth-order valence-electron chi connectivity index (χ4n) is 2.00. The van der Waals surface area contributed by atoms with Gasteiger partial charge in [0.05, 0.1) is 5.02 Å². The van der Waals surface area contributed by atoms with Crippen molar-refractivity contribution in [3.63, 3.8) is 0 Å². The SMILES string of the molecule is CN1CC(Oc2ccc(CC(N)C(=O)O)cc2Cl)C1. The van der Waals surface area contributed by atoms with E-state index in [4.69, 9.17) is 27.2 Å². The molecule has 19 heavy (non-hydrogen) atoms. The van der Waals surface area contributed by atoms with Crippen molar-refractivity contribution in [2.75, 3.05) is 20.1 Å². The van der Waals surface area contributed by atoms with Gasteiger partial charge in [0.25, 0.3) is 0 Å². The lowest BCUT2D eigenvalue weighted by Gasteiger charge is -2.36. The first-order valence-electron chi connectivity index (χ1n) is 6.07. The maximum absolute atomic E-state index is 10.7. The molecule has 0 amide bonds. The van der Waals surface area contributed by atoms with Crippen molar-refractivity contribution >= 4 is 17.6 Å². The van der Waals surface area contributed by atoms with E-state index in [-0.39, 0.29) is 12.5 Å². The zero-order valence-electron chi connectivity index (χ0n) is 10.7. The smallest absolute Gasteiger partial charge is 0.320 e. The standard InChI is InChI=1S/C13H17ClN2O3/c1-16-6-9(7-16)19-12-3-2-8(4-10(12)14)5-11(15)13(17)18/h2-4,9,11H,5-7,15H2,1H3,(H,17,18). The van der Waals surface area contributed by atoms with E-state index >= 15 is 0 Å². The predicted octanol–water partition coefficient (Wildman–Crippen LogP) is 0.987. The third-order valence-corrected chi connectivity index (χ3v) is 3.39. The molecule has 1 aliphatic rings. The van der Waals surface area contributed by atoms with Crippen LogP contribution in [0.3, 0.4) is 0 Å². The Kier molecular flexibility index (Phi) is 4.29. The molecule has 0 radical (unpaired) electrons. The number of carbonyl (C=O) groups is 1. The highest BCUT2D eigenvalue weighted by Gasteiger charge is 2.25. The normalized spacial score (nSPS) is 17.8. The summed E-state index contributed by atoms with van der Waals surface area (Å²) < 4.78 is 5.74. The van der Waals surface area contributed by atoms with E-state index in [0.717, 1.165) is 18.7 Å². The Balaban J connectivity index is 1.98. The zero-order chi connectivity index (χ0) is 14.0. The largest absolute Gasteiger partial charge is 0.486 e. The van der Waals surface area contributed by atoms with Crippen molar-refractivity contribution in [3.8, 4) is 5.75 Å². The number of aliphatic carboxylic acids is 1. The lowest BCUT2D eigenvalue weighted by Crippen LogP contribution is -2.51. The molecule has 0 aromatic heterocycles. The van der Waals surface area contributed by atoms with Crippen molar-refractivity contribution < 1.29 is 14.6 Å². The van der Waals surface area contributed by atoms with Gasteiger partial charge in [-0.15, -0.1) is 0 Å². The second-order valence-corrected chi connectivity index (χ2v) is 5.28. The molecule has 1 atom stereocenters. The maximum atomic E-state index is 10.7. The first-order valence-corrected chi connectivity index (χ1v) is 6.45. The van der Waals surface area contributed by atoms with Crippen LogP contribution in [0.1, 0.15) is 5.56 Å². The molecule has 1 saturated heterocycles. The summed E-state index contributed by atoms with van der Waals surface area (Å²) in [5, 5.41) is 9.25. The Morgan fingerprint density at radius 1 is 1.63 bits per heavy atom. The third-order valence-electron chi connectivity index (χ3n) is 3.09. The number of rotatable bonds is 5. The number of carboxylic acids is 1. The van der Waals surface area contributed by atoms with Crippen LogP contribution < -0.4 is 10.5 Å². The predicted molar refractivity (Wildman–Crippen MR) is 72.7 cm³/mol. The van der Waals surface area contributed by atoms with Crippen LogP contribution in [-0.4, -0.2) is 48.3 Å². The second kappa shape index (κ2) is 5.77. The third kappa shape index (κ3) is 3.59. The highest BCUT2D eigenvalue weighted by atomic mass is 35.5. The van der Waals surface area contributed by atoms with Crippen LogP contribution >= 0.6 is 11.6 Å². The molecule has 3 N–H and O–H groups in total. The van der Waals surface area contributed by atoms with Crippen LogP contribution in [0.4, 0.5) is 0 Å². The first kappa shape index (κ1) is 14.1. The average Bonchev–Trinajstić information content (AvgIpc) is 2.30. The molecule has 0 aliphatic carbocycles. The van der Waals surface area contributed by atoms with Gasteiger partial charge < -0.3 is 15.6 Å². The van der Waals surface area contributed by atoms with Crippen LogP contribution in [-0.2, 0) is 11.2 Å². The summed E-state index contributed by atoms with van der Waals surface area (Å²) in [5.41, 5.74) is 6.27. The van der Waals surface area contributed by atoms with Crippen LogP contribution in [0.15, 0.2) is 18.2 Å². The fraction of sp³-hybridized carbons (Fsp3) is 0.462. The van der Waals surface area contributed by atoms with E-state index in [9.17, 15) is 4.79 Å². The van der Waals surface area contributed by atoms with Crippen LogP contribution in [0.5, 0.6) is 5.75 Å². The number of nitrogens with zero attached hydrogens (tertiary/aromatic N) is 1. The van der Waals surface area contributed by atoms with E-state index in [1.165, 1.54) is 0 Å². The summed E-state index contributed by atoms with van der Waals surface area (Å²) in [6.45, 7) is 1.78. The second-order valence-electron chi connectivity index (χ2n) is 4.87. The number of carboxylic acid groups (broad SMARTS) is 1. The summed E-state index contributed by atoms with van der Waals surface area (Å²) in [4.78, 5) is 12.8. The van der Waals surface area contributed by atoms with Crippen LogP contribution in [0, 0.1) is 0 Å². The quantitative estimate of drug-likeness (QED) is 0.843. The molecule has 1 fully saturated rings. The molecule has 0 bridgehead atoms. The minimum Gasteiger partial charge on any atom is -0.486 e. The topological polar surface area (TPSA) is 75.8 Å². The number of hydrogen-bond acceptors (Lipinski definition) is 4. The van der Waals surface area contributed by atoms with Gasteiger partial charge in [0.15, 0.2) is 0 Å². The number of hydrogen-bond donors (Lipinski definition) is 2. The molecule has 104 valence electrons. The minimum atomic E-state index is -1.02. The summed E-state index contributed by atoms with van der Waals surface area (Å²) in [6.07, 6.45) is 0.427. The Morgan fingerprint density at radius 2 is 2.32 bits per heavy atom. The molecule has 1 aliphatic heterocycles. The van der Waals surface area contributed by atoms with Gasteiger partial charge in [-0.05, 0) is 31.2 Å². The molecule has 1 unspecified atom stereocenters. The highest BCUT2D eigenvalue weighted by molar-refractivity contribution is 6.32. The molecule has 1 aromatic rings. The monoisotopic (exact) mass is 284 g/mol. The van der Waals surface area contributed by atoms with Gasteiger partial charge >= 0.3 is 5.97 Å².